The third-order valence-electron chi connectivity index (χ3n) is 4.64. The van der Waals surface area contributed by atoms with Gasteiger partial charge in [0.05, 0.1) is 7.11 Å². The molecule has 0 aliphatic heterocycles. The zero-order chi connectivity index (χ0) is 20.1. The molecule has 0 amide bonds. The van der Waals surface area contributed by atoms with Gasteiger partial charge in [-0.15, -0.1) is 0 Å². The largest absolute Gasteiger partial charge is 0.513 e. The van der Waals surface area contributed by atoms with Crippen LogP contribution in [0.2, 0.25) is 0 Å². The third kappa shape index (κ3) is 2.84. The molecule has 0 fully saturated rings. The van der Waals surface area contributed by atoms with Gasteiger partial charge in [0.15, 0.2) is 0 Å². The number of benzene rings is 3. The number of methoxy groups -OCH3 is 1. The van der Waals surface area contributed by atoms with E-state index in [1.54, 1.807) is 24.3 Å². The second-order valence-electron chi connectivity index (χ2n) is 6.51. The molecular weight excluding hydrogens is 376 g/mol. The van der Waals surface area contributed by atoms with Crippen molar-refractivity contribution in [3.05, 3.63) is 48.5 Å². The van der Waals surface area contributed by atoms with E-state index in [-0.39, 0.29) is 5.97 Å². The molecule has 0 spiro atoms. The van der Waals surface area contributed by atoms with Gasteiger partial charge in [0.25, 0.3) is 0 Å². The molecule has 0 atom stereocenters. The summed E-state index contributed by atoms with van der Waals surface area (Å²) in [6, 6.07) is 14.2. The first-order valence-electron chi connectivity index (χ1n) is 8.78. The van der Waals surface area contributed by atoms with E-state index in [2.05, 4.69) is 4.74 Å². The van der Waals surface area contributed by atoms with Crippen LogP contribution in [0.25, 0.3) is 43.9 Å². The minimum atomic E-state index is -0.794. The summed E-state index contributed by atoms with van der Waals surface area (Å²) in [4.78, 5) is 22.5. The van der Waals surface area contributed by atoms with Gasteiger partial charge >= 0.3 is 12.1 Å². The van der Waals surface area contributed by atoms with Crippen LogP contribution in [-0.2, 0) is 9.53 Å². The Hall–Kier alpha value is -4.00. The van der Waals surface area contributed by atoms with Crippen LogP contribution in [0.4, 0.5) is 4.79 Å². The predicted octanol–water partition coefficient (Wildman–Crippen LogP) is 5.56. The Morgan fingerprint density at radius 3 is 1.66 bits per heavy atom. The molecule has 0 aliphatic carbocycles. The average molecular weight is 390 g/mol. The lowest BCUT2D eigenvalue weighted by Gasteiger charge is -2.01. The summed E-state index contributed by atoms with van der Waals surface area (Å²) in [5.74, 6) is 0.367. The van der Waals surface area contributed by atoms with Crippen molar-refractivity contribution in [1.82, 2.24) is 0 Å². The molecule has 2 aromatic heterocycles. The number of furan rings is 2. The fraction of sp³-hybridized carbons (Fsp3) is 0.0909. The maximum Gasteiger partial charge on any atom is 0.513 e. The minimum absolute atomic E-state index is 0.329. The van der Waals surface area contributed by atoms with Crippen molar-refractivity contribution in [3.8, 4) is 11.5 Å². The zero-order valence-electron chi connectivity index (χ0n) is 15.5. The lowest BCUT2D eigenvalue weighted by molar-refractivity contribution is -0.131. The van der Waals surface area contributed by atoms with E-state index in [0.29, 0.717) is 33.8 Å². The average Bonchev–Trinajstić information content (AvgIpc) is 3.21. The van der Waals surface area contributed by atoms with Gasteiger partial charge in [0.1, 0.15) is 33.8 Å². The summed E-state index contributed by atoms with van der Waals surface area (Å²) in [5.41, 5.74) is 2.56. The van der Waals surface area contributed by atoms with E-state index in [9.17, 15) is 9.59 Å². The normalized spacial score (nSPS) is 11.4. The molecule has 0 radical (unpaired) electrons. The van der Waals surface area contributed by atoms with E-state index in [0.717, 1.165) is 21.5 Å². The van der Waals surface area contributed by atoms with Gasteiger partial charge in [-0.2, -0.15) is 0 Å². The minimum Gasteiger partial charge on any atom is -0.456 e. The van der Waals surface area contributed by atoms with Gasteiger partial charge in [-0.25, -0.2) is 4.79 Å². The molecule has 7 nitrogen and oxygen atoms in total. The van der Waals surface area contributed by atoms with E-state index in [1.807, 2.05) is 24.3 Å². The highest BCUT2D eigenvalue weighted by atomic mass is 16.7. The third-order valence-corrected chi connectivity index (χ3v) is 4.64. The van der Waals surface area contributed by atoms with Gasteiger partial charge in [0, 0.05) is 40.6 Å². The van der Waals surface area contributed by atoms with Gasteiger partial charge in [-0.1, -0.05) is 0 Å². The van der Waals surface area contributed by atoms with Gasteiger partial charge in [0.2, 0.25) is 0 Å². The van der Waals surface area contributed by atoms with Crippen LogP contribution in [0, 0.1) is 0 Å². The number of ether oxygens (including phenoxy) is 3. The van der Waals surface area contributed by atoms with Crippen LogP contribution in [0.15, 0.2) is 57.4 Å². The summed E-state index contributed by atoms with van der Waals surface area (Å²) in [6.07, 6.45) is -0.794. The van der Waals surface area contributed by atoms with Crippen molar-refractivity contribution < 1.29 is 32.6 Å². The SMILES string of the molecule is COC(=O)Oc1ccc2c(c1)oc1cc3c(cc12)oc1cc(OC(C)=O)ccc13. The molecule has 7 heteroatoms. The smallest absolute Gasteiger partial charge is 0.456 e. The van der Waals surface area contributed by atoms with Crippen LogP contribution in [0.5, 0.6) is 11.5 Å². The molecular formula is C22H14O7. The lowest BCUT2D eigenvalue weighted by atomic mass is 10.1. The summed E-state index contributed by atoms with van der Waals surface area (Å²) in [5, 5.41) is 3.50. The first-order chi connectivity index (χ1) is 14.0. The maximum atomic E-state index is 11.3. The second-order valence-corrected chi connectivity index (χ2v) is 6.51. The van der Waals surface area contributed by atoms with Crippen LogP contribution in [-0.4, -0.2) is 19.2 Å². The molecule has 0 unspecified atom stereocenters. The number of carbonyl (C=O) groups is 2. The van der Waals surface area contributed by atoms with Crippen LogP contribution in [0.1, 0.15) is 6.92 Å². The van der Waals surface area contributed by atoms with Crippen molar-refractivity contribution >= 4 is 56.0 Å². The summed E-state index contributed by atoms with van der Waals surface area (Å²) >= 11 is 0. The molecule has 0 saturated heterocycles. The molecule has 0 saturated carbocycles. The highest BCUT2D eigenvalue weighted by Gasteiger charge is 2.15. The summed E-state index contributed by atoms with van der Waals surface area (Å²) in [7, 11) is 1.25. The highest BCUT2D eigenvalue weighted by molar-refractivity contribution is 6.15. The predicted molar refractivity (Wildman–Crippen MR) is 105 cm³/mol. The first kappa shape index (κ1) is 17.1. The number of rotatable bonds is 2. The van der Waals surface area contributed by atoms with Crippen molar-refractivity contribution in [1.29, 1.82) is 0 Å². The van der Waals surface area contributed by atoms with E-state index < -0.39 is 6.16 Å². The molecule has 29 heavy (non-hydrogen) atoms. The van der Waals surface area contributed by atoms with E-state index in [1.165, 1.54) is 14.0 Å². The first-order valence-corrected chi connectivity index (χ1v) is 8.78. The summed E-state index contributed by atoms with van der Waals surface area (Å²) in [6.45, 7) is 1.35. The van der Waals surface area contributed by atoms with Crippen molar-refractivity contribution in [2.45, 2.75) is 6.92 Å². The fourth-order valence-electron chi connectivity index (χ4n) is 3.44. The molecule has 144 valence electrons. The summed E-state index contributed by atoms with van der Waals surface area (Å²) < 4.78 is 26.6. The zero-order valence-corrected chi connectivity index (χ0v) is 15.5. The molecule has 3 aromatic carbocycles. The monoisotopic (exact) mass is 390 g/mol. The molecule has 2 heterocycles. The second kappa shape index (κ2) is 6.27. The van der Waals surface area contributed by atoms with Gasteiger partial charge in [-0.05, 0) is 36.4 Å². The van der Waals surface area contributed by atoms with Crippen LogP contribution >= 0.6 is 0 Å². The lowest BCUT2D eigenvalue weighted by Crippen LogP contribution is -2.06. The number of carbonyl (C=O) groups excluding carboxylic acids is 2. The van der Waals surface area contributed by atoms with Crippen molar-refractivity contribution in [3.63, 3.8) is 0 Å². The topological polar surface area (TPSA) is 88.1 Å². The Kier molecular flexibility index (Phi) is 3.70. The number of fused-ring (bicyclic) bond motifs is 6. The van der Waals surface area contributed by atoms with Gasteiger partial charge < -0.3 is 23.0 Å². The Balaban J connectivity index is 1.66. The Morgan fingerprint density at radius 2 is 1.17 bits per heavy atom. The van der Waals surface area contributed by atoms with Crippen LogP contribution in [0.3, 0.4) is 0 Å². The Labute approximate surface area is 163 Å². The molecule has 0 bridgehead atoms. The van der Waals surface area contributed by atoms with E-state index >= 15 is 0 Å². The standard InChI is InChI=1S/C22H14O7/c1-11(23)26-12-3-5-14-16-9-21-17(10-20(16)28-18(14)7-12)15-6-4-13(8-19(15)29-21)27-22(24)25-2/h3-10H,1-2H3. The van der Waals surface area contributed by atoms with Gasteiger partial charge in [-0.3, -0.25) is 4.79 Å². The maximum absolute atomic E-state index is 11.3. The number of hydrogen-bond acceptors (Lipinski definition) is 7. The Morgan fingerprint density at radius 1 is 0.690 bits per heavy atom. The van der Waals surface area contributed by atoms with Crippen LogP contribution < -0.4 is 9.47 Å². The van der Waals surface area contributed by atoms with Crippen molar-refractivity contribution in [2.24, 2.45) is 0 Å². The van der Waals surface area contributed by atoms with E-state index in [4.69, 9.17) is 18.3 Å². The molecule has 0 N–H and O–H groups in total. The molecule has 0 aliphatic rings. The Bertz CT molecular complexity index is 1440. The molecule has 5 aromatic rings. The van der Waals surface area contributed by atoms with Crippen molar-refractivity contribution in [2.75, 3.05) is 7.11 Å². The fourth-order valence-corrected chi connectivity index (χ4v) is 3.44. The highest BCUT2D eigenvalue weighted by Crippen LogP contribution is 2.38. The number of hydrogen-bond donors (Lipinski definition) is 0. The number of esters is 1. The quantitative estimate of drug-likeness (QED) is 0.222. The molecule has 5 rings (SSSR count).